The molecular weight excluding hydrogens is 270 g/mol. The molecule has 1 saturated heterocycles. The van der Waals surface area contributed by atoms with Crippen molar-refractivity contribution in [1.29, 1.82) is 0 Å². The number of rotatable bonds is 3. The van der Waals surface area contributed by atoms with Crippen LogP contribution in [0.4, 0.5) is 0 Å². The molecule has 0 atom stereocenters. The normalized spacial score (nSPS) is 18.1. The first-order chi connectivity index (χ1) is 9.67. The van der Waals surface area contributed by atoms with Gasteiger partial charge in [-0.05, 0) is 43.6 Å². The molecule has 2 aromatic rings. The molecule has 4 heteroatoms. The van der Waals surface area contributed by atoms with Gasteiger partial charge in [0.05, 0.1) is 6.33 Å². The highest BCUT2D eigenvalue weighted by Gasteiger charge is 2.31. The van der Waals surface area contributed by atoms with E-state index >= 15 is 0 Å². The highest BCUT2D eigenvalue weighted by atomic mass is 35.5. The monoisotopic (exact) mass is 289 g/mol. The van der Waals surface area contributed by atoms with Crippen LogP contribution in [0.15, 0.2) is 36.8 Å². The Hall–Kier alpha value is -1.32. The molecule has 1 aliphatic heterocycles. The predicted molar refractivity (Wildman–Crippen MR) is 82.2 cm³/mol. The van der Waals surface area contributed by atoms with Crippen molar-refractivity contribution in [1.82, 2.24) is 14.9 Å². The molecule has 0 bridgehead atoms. The molecule has 106 valence electrons. The molecule has 1 aromatic carbocycles. The number of nitrogens with zero attached hydrogens (tertiary/aromatic N) is 2. The molecule has 3 rings (SSSR count). The quantitative estimate of drug-likeness (QED) is 0.940. The number of hydrogen-bond acceptors (Lipinski definition) is 2. The van der Waals surface area contributed by atoms with Gasteiger partial charge in [0.25, 0.3) is 0 Å². The molecule has 1 aromatic heterocycles. The topological polar surface area (TPSA) is 29.9 Å². The van der Waals surface area contributed by atoms with E-state index in [4.69, 9.17) is 11.6 Å². The average molecular weight is 290 g/mol. The Morgan fingerprint density at radius 3 is 2.90 bits per heavy atom. The molecule has 3 nitrogen and oxygen atoms in total. The average Bonchev–Trinajstić information content (AvgIpc) is 2.88. The minimum atomic E-state index is 0.223. The van der Waals surface area contributed by atoms with Gasteiger partial charge in [-0.2, -0.15) is 0 Å². The van der Waals surface area contributed by atoms with Gasteiger partial charge < -0.3 is 9.88 Å². The van der Waals surface area contributed by atoms with Crippen LogP contribution in [0.5, 0.6) is 0 Å². The van der Waals surface area contributed by atoms with Crippen LogP contribution < -0.4 is 5.32 Å². The highest BCUT2D eigenvalue weighted by Crippen LogP contribution is 2.32. The summed E-state index contributed by atoms with van der Waals surface area (Å²) in [5.41, 5.74) is 2.77. The Kier molecular flexibility index (Phi) is 3.81. The number of halogens is 1. The summed E-state index contributed by atoms with van der Waals surface area (Å²) < 4.78 is 2.26. The van der Waals surface area contributed by atoms with E-state index in [1.807, 2.05) is 30.7 Å². The zero-order valence-corrected chi connectivity index (χ0v) is 12.5. The molecule has 0 unspecified atom stereocenters. The molecule has 1 aliphatic rings. The number of imidazole rings is 1. The van der Waals surface area contributed by atoms with E-state index in [1.54, 1.807) is 0 Å². The van der Waals surface area contributed by atoms with Crippen molar-refractivity contribution < 1.29 is 0 Å². The summed E-state index contributed by atoms with van der Waals surface area (Å²) in [6.07, 6.45) is 6.28. The van der Waals surface area contributed by atoms with Crippen molar-refractivity contribution in [3.05, 3.63) is 53.1 Å². The second-order valence-corrected chi connectivity index (χ2v) is 6.28. The van der Waals surface area contributed by atoms with E-state index in [0.717, 1.165) is 37.5 Å². The summed E-state index contributed by atoms with van der Waals surface area (Å²) in [6, 6.07) is 8.05. The van der Waals surface area contributed by atoms with Crippen LogP contribution in [0.2, 0.25) is 5.02 Å². The molecule has 0 spiro atoms. The van der Waals surface area contributed by atoms with Crippen LogP contribution in [0.25, 0.3) is 0 Å². The SMILES string of the molecule is CC1(c2cncn2Cc2cccc(Cl)c2)CCNCC1. The van der Waals surface area contributed by atoms with Gasteiger partial charge in [0.1, 0.15) is 0 Å². The van der Waals surface area contributed by atoms with Crippen molar-refractivity contribution in [3.8, 4) is 0 Å². The summed E-state index contributed by atoms with van der Waals surface area (Å²) in [4.78, 5) is 4.37. The summed E-state index contributed by atoms with van der Waals surface area (Å²) in [7, 11) is 0. The lowest BCUT2D eigenvalue weighted by atomic mass is 9.78. The van der Waals surface area contributed by atoms with Crippen LogP contribution >= 0.6 is 11.6 Å². The smallest absolute Gasteiger partial charge is 0.0951 e. The molecule has 0 amide bonds. The fourth-order valence-corrected chi connectivity index (χ4v) is 3.23. The van der Waals surface area contributed by atoms with E-state index < -0.39 is 0 Å². The molecule has 1 N–H and O–H groups in total. The second kappa shape index (κ2) is 5.58. The number of benzene rings is 1. The largest absolute Gasteiger partial charge is 0.330 e. The Balaban J connectivity index is 1.86. The minimum Gasteiger partial charge on any atom is -0.330 e. The van der Waals surface area contributed by atoms with Gasteiger partial charge in [0.15, 0.2) is 0 Å². The third kappa shape index (κ3) is 2.74. The van der Waals surface area contributed by atoms with E-state index in [9.17, 15) is 0 Å². The summed E-state index contributed by atoms with van der Waals surface area (Å²) in [5.74, 6) is 0. The molecule has 0 aliphatic carbocycles. The summed E-state index contributed by atoms with van der Waals surface area (Å²) in [6.45, 7) is 5.34. The first-order valence-corrected chi connectivity index (χ1v) is 7.51. The fourth-order valence-electron chi connectivity index (χ4n) is 3.02. The fraction of sp³-hybridized carbons (Fsp3) is 0.438. The third-order valence-electron chi connectivity index (χ3n) is 4.28. The van der Waals surface area contributed by atoms with Crippen molar-refractivity contribution in [2.24, 2.45) is 0 Å². The molecule has 1 fully saturated rings. The van der Waals surface area contributed by atoms with E-state index in [0.29, 0.717) is 0 Å². The second-order valence-electron chi connectivity index (χ2n) is 5.85. The van der Waals surface area contributed by atoms with Crippen molar-refractivity contribution in [2.45, 2.75) is 31.7 Å². The molecule has 2 heterocycles. The molecule has 0 saturated carbocycles. The Morgan fingerprint density at radius 2 is 2.15 bits per heavy atom. The summed E-state index contributed by atoms with van der Waals surface area (Å²) >= 11 is 6.07. The minimum absolute atomic E-state index is 0.223. The summed E-state index contributed by atoms with van der Waals surface area (Å²) in [5, 5.41) is 4.22. The van der Waals surface area contributed by atoms with Crippen LogP contribution in [0.3, 0.4) is 0 Å². The lowest BCUT2D eigenvalue weighted by Gasteiger charge is -2.34. The Morgan fingerprint density at radius 1 is 1.35 bits per heavy atom. The number of nitrogens with one attached hydrogen (secondary N) is 1. The maximum atomic E-state index is 6.07. The van der Waals surface area contributed by atoms with Gasteiger partial charge in [-0.3, -0.25) is 0 Å². The molecule has 20 heavy (non-hydrogen) atoms. The van der Waals surface area contributed by atoms with Gasteiger partial charge in [0, 0.05) is 28.9 Å². The van der Waals surface area contributed by atoms with Gasteiger partial charge in [-0.25, -0.2) is 4.98 Å². The van der Waals surface area contributed by atoms with Gasteiger partial charge in [0.2, 0.25) is 0 Å². The van der Waals surface area contributed by atoms with Crippen LogP contribution in [-0.2, 0) is 12.0 Å². The van der Waals surface area contributed by atoms with Gasteiger partial charge in [-0.1, -0.05) is 30.7 Å². The maximum Gasteiger partial charge on any atom is 0.0951 e. The molecule has 0 radical (unpaired) electrons. The van der Waals surface area contributed by atoms with Crippen LogP contribution in [0.1, 0.15) is 31.0 Å². The third-order valence-corrected chi connectivity index (χ3v) is 4.51. The van der Waals surface area contributed by atoms with Crippen molar-refractivity contribution in [2.75, 3.05) is 13.1 Å². The zero-order chi connectivity index (χ0) is 14.0. The van der Waals surface area contributed by atoms with Crippen molar-refractivity contribution in [3.63, 3.8) is 0 Å². The number of aromatic nitrogens is 2. The maximum absolute atomic E-state index is 6.07. The lowest BCUT2D eigenvalue weighted by Crippen LogP contribution is -2.39. The van der Waals surface area contributed by atoms with Crippen LogP contribution in [0, 0.1) is 0 Å². The standard InChI is InChI=1S/C16H20ClN3/c1-16(5-7-18-8-6-16)15-10-19-12-20(15)11-13-3-2-4-14(17)9-13/h2-4,9-10,12,18H,5-8,11H2,1H3. The predicted octanol–water partition coefficient (Wildman–Crippen LogP) is 3.23. The zero-order valence-electron chi connectivity index (χ0n) is 11.8. The lowest BCUT2D eigenvalue weighted by molar-refractivity contribution is 0.318. The Labute approximate surface area is 125 Å². The van der Waals surface area contributed by atoms with E-state index in [2.05, 4.69) is 27.9 Å². The molecular formula is C16H20ClN3. The first-order valence-electron chi connectivity index (χ1n) is 7.13. The number of piperidine rings is 1. The first kappa shape index (κ1) is 13.7. The van der Waals surface area contributed by atoms with Gasteiger partial charge >= 0.3 is 0 Å². The van der Waals surface area contributed by atoms with E-state index in [1.165, 1.54) is 11.3 Å². The highest BCUT2D eigenvalue weighted by molar-refractivity contribution is 6.30. The van der Waals surface area contributed by atoms with Crippen LogP contribution in [-0.4, -0.2) is 22.6 Å². The number of hydrogen-bond donors (Lipinski definition) is 1. The Bertz CT molecular complexity index is 585. The van der Waals surface area contributed by atoms with Gasteiger partial charge in [-0.15, -0.1) is 0 Å². The van der Waals surface area contributed by atoms with E-state index in [-0.39, 0.29) is 5.41 Å². The van der Waals surface area contributed by atoms with Crippen molar-refractivity contribution >= 4 is 11.6 Å².